The highest BCUT2D eigenvalue weighted by Gasteiger charge is 2.16. The average Bonchev–Trinajstić information content (AvgIpc) is 2.60. The van der Waals surface area contributed by atoms with E-state index in [1.54, 1.807) is 13.2 Å². The quantitative estimate of drug-likeness (QED) is 0.534. The van der Waals surface area contributed by atoms with Gasteiger partial charge in [-0.2, -0.15) is 0 Å². The predicted molar refractivity (Wildman–Crippen MR) is 93.8 cm³/mol. The first kappa shape index (κ1) is 16.3. The van der Waals surface area contributed by atoms with Gasteiger partial charge >= 0.3 is 5.97 Å². The lowest BCUT2D eigenvalue weighted by molar-refractivity contribution is -0.384. The van der Waals surface area contributed by atoms with E-state index < -0.39 is 10.9 Å². The lowest BCUT2D eigenvalue weighted by atomic mass is 10.1. The number of nitrogens with zero attached hydrogens (tertiary/aromatic N) is 1. The molecule has 2 N–H and O–H groups in total. The molecule has 0 aromatic heterocycles. The third-order valence-electron chi connectivity index (χ3n) is 3.77. The first-order chi connectivity index (χ1) is 12.0. The fourth-order valence-corrected chi connectivity index (χ4v) is 2.61. The summed E-state index contributed by atoms with van der Waals surface area (Å²) in [5.41, 5.74) is 0.454. The smallest absolute Gasteiger partial charge is 0.337 e. The summed E-state index contributed by atoms with van der Waals surface area (Å²) in [7, 11) is 1.54. The first-order valence-corrected chi connectivity index (χ1v) is 7.35. The third kappa shape index (κ3) is 3.20. The van der Waals surface area contributed by atoms with Gasteiger partial charge in [0, 0.05) is 29.3 Å². The maximum Gasteiger partial charge on any atom is 0.337 e. The number of anilines is 2. The number of non-ortho nitro benzene ring substituents is 1. The Labute approximate surface area is 142 Å². The van der Waals surface area contributed by atoms with Crippen molar-refractivity contribution in [3.8, 4) is 5.75 Å². The van der Waals surface area contributed by atoms with E-state index in [0.29, 0.717) is 11.4 Å². The molecule has 0 aliphatic carbocycles. The van der Waals surface area contributed by atoms with Gasteiger partial charge in [-0.3, -0.25) is 10.1 Å². The van der Waals surface area contributed by atoms with E-state index in [1.165, 1.54) is 12.1 Å². The zero-order chi connectivity index (χ0) is 18.0. The van der Waals surface area contributed by atoms with Gasteiger partial charge < -0.3 is 15.2 Å². The van der Waals surface area contributed by atoms with Gasteiger partial charge in [-0.15, -0.1) is 0 Å². The Kier molecular flexibility index (Phi) is 4.21. The number of fused-ring (bicyclic) bond motifs is 1. The molecular weight excluding hydrogens is 324 g/mol. The minimum atomic E-state index is -1.18. The van der Waals surface area contributed by atoms with E-state index >= 15 is 0 Å². The maximum absolute atomic E-state index is 11.4. The Morgan fingerprint density at radius 1 is 1.16 bits per heavy atom. The summed E-state index contributed by atoms with van der Waals surface area (Å²) in [5, 5.41) is 25.0. The number of aromatic carboxylic acids is 1. The van der Waals surface area contributed by atoms with Crippen molar-refractivity contribution in [2.45, 2.75) is 0 Å². The number of benzene rings is 3. The second-order valence-electron chi connectivity index (χ2n) is 5.32. The maximum atomic E-state index is 11.4. The van der Waals surface area contributed by atoms with Crippen molar-refractivity contribution in [3.63, 3.8) is 0 Å². The predicted octanol–water partition coefficient (Wildman–Crippen LogP) is 4.20. The van der Waals surface area contributed by atoms with Crippen LogP contribution in [0.3, 0.4) is 0 Å². The molecule has 0 saturated carbocycles. The molecule has 0 aliphatic rings. The summed E-state index contributed by atoms with van der Waals surface area (Å²) in [5.74, 6) is -0.562. The zero-order valence-corrected chi connectivity index (χ0v) is 13.2. The highest BCUT2D eigenvalue weighted by Crippen LogP contribution is 2.33. The van der Waals surface area contributed by atoms with Gasteiger partial charge in [0.15, 0.2) is 0 Å². The summed E-state index contributed by atoms with van der Waals surface area (Å²) in [6.07, 6.45) is 0. The van der Waals surface area contributed by atoms with Crippen LogP contribution < -0.4 is 10.1 Å². The van der Waals surface area contributed by atoms with Gasteiger partial charge in [-0.25, -0.2) is 4.79 Å². The molecule has 3 aromatic carbocycles. The molecule has 3 rings (SSSR count). The Hall–Kier alpha value is -3.61. The van der Waals surface area contributed by atoms with Crippen molar-refractivity contribution in [2.75, 3.05) is 12.4 Å². The van der Waals surface area contributed by atoms with E-state index in [2.05, 4.69) is 5.32 Å². The van der Waals surface area contributed by atoms with Crippen molar-refractivity contribution >= 4 is 33.8 Å². The number of carbonyl (C=O) groups is 1. The molecule has 3 aromatic rings. The van der Waals surface area contributed by atoms with Crippen LogP contribution in [0.4, 0.5) is 17.1 Å². The Morgan fingerprint density at radius 2 is 1.92 bits per heavy atom. The van der Waals surface area contributed by atoms with E-state index in [9.17, 15) is 20.0 Å². The third-order valence-corrected chi connectivity index (χ3v) is 3.77. The highest BCUT2D eigenvalue weighted by atomic mass is 16.6. The van der Waals surface area contributed by atoms with E-state index in [0.717, 1.165) is 16.8 Å². The minimum Gasteiger partial charge on any atom is -0.496 e. The van der Waals surface area contributed by atoms with Crippen molar-refractivity contribution in [3.05, 3.63) is 70.3 Å². The standard InChI is InChI=1S/C18H14N2O5/c1-25-17-9-12(8-11-4-2-3-5-14(11)17)19-16-10-13(20(23)24)6-7-15(16)18(21)22/h2-10,19H,1H3,(H,21,22). The largest absolute Gasteiger partial charge is 0.496 e. The van der Waals surface area contributed by atoms with Gasteiger partial charge in [-0.1, -0.05) is 24.3 Å². The van der Waals surface area contributed by atoms with Gasteiger partial charge in [0.1, 0.15) is 5.75 Å². The number of carboxylic acid groups (broad SMARTS) is 1. The molecule has 0 aliphatic heterocycles. The van der Waals surface area contributed by atoms with Gasteiger partial charge in [-0.05, 0) is 17.5 Å². The Bertz CT molecular complexity index is 984. The fourth-order valence-electron chi connectivity index (χ4n) is 2.61. The monoisotopic (exact) mass is 338 g/mol. The summed E-state index contributed by atoms with van der Waals surface area (Å²) in [4.78, 5) is 21.8. The summed E-state index contributed by atoms with van der Waals surface area (Å²) >= 11 is 0. The van der Waals surface area contributed by atoms with Crippen LogP contribution in [0.2, 0.25) is 0 Å². The first-order valence-electron chi connectivity index (χ1n) is 7.35. The molecule has 0 radical (unpaired) electrons. The molecule has 7 nitrogen and oxygen atoms in total. The normalized spacial score (nSPS) is 10.4. The molecular formula is C18H14N2O5. The van der Waals surface area contributed by atoms with Crippen LogP contribution >= 0.6 is 0 Å². The van der Waals surface area contributed by atoms with Crippen LogP contribution in [0, 0.1) is 10.1 Å². The zero-order valence-electron chi connectivity index (χ0n) is 13.2. The summed E-state index contributed by atoms with van der Waals surface area (Å²) in [6.45, 7) is 0. The molecule has 0 bridgehead atoms. The number of hydrogen-bond donors (Lipinski definition) is 2. The molecule has 0 heterocycles. The number of rotatable bonds is 5. The van der Waals surface area contributed by atoms with Crippen LogP contribution in [0.15, 0.2) is 54.6 Å². The lowest BCUT2D eigenvalue weighted by Gasteiger charge is -2.13. The molecule has 25 heavy (non-hydrogen) atoms. The lowest BCUT2D eigenvalue weighted by Crippen LogP contribution is -2.04. The number of hydrogen-bond acceptors (Lipinski definition) is 5. The Morgan fingerprint density at radius 3 is 2.60 bits per heavy atom. The molecule has 126 valence electrons. The summed E-state index contributed by atoms with van der Waals surface area (Å²) < 4.78 is 5.38. The topological polar surface area (TPSA) is 102 Å². The number of nitrogens with one attached hydrogen (secondary N) is 1. The van der Waals surface area contributed by atoms with Crippen LogP contribution in [0.25, 0.3) is 10.8 Å². The van der Waals surface area contributed by atoms with Crippen LogP contribution in [0.5, 0.6) is 5.75 Å². The number of ether oxygens (including phenoxy) is 1. The van der Waals surface area contributed by atoms with Crippen molar-refractivity contribution in [1.29, 1.82) is 0 Å². The molecule has 0 atom stereocenters. The molecule has 0 fully saturated rings. The number of nitro benzene ring substituents is 1. The molecule has 0 saturated heterocycles. The van der Waals surface area contributed by atoms with E-state index in [-0.39, 0.29) is 16.9 Å². The van der Waals surface area contributed by atoms with Crippen LogP contribution in [0.1, 0.15) is 10.4 Å². The van der Waals surface area contributed by atoms with Crippen LogP contribution in [-0.4, -0.2) is 23.1 Å². The molecule has 7 heteroatoms. The van der Waals surface area contributed by atoms with Crippen molar-refractivity contribution < 1.29 is 19.6 Å². The van der Waals surface area contributed by atoms with E-state index in [4.69, 9.17) is 4.74 Å². The van der Waals surface area contributed by atoms with Crippen LogP contribution in [-0.2, 0) is 0 Å². The van der Waals surface area contributed by atoms with Crippen molar-refractivity contribution in [2.24, 2.45) is 0 Å². The molecule has 0 unspecified atom stereocenters. The minimum absolute atomic E-state index is 0.0577. The SMILES string of the molecule is COc1cc(Nc2cc([N+](=O)[O-])ccc2C(=O)O)cc2ccccc12. The highest BCUT2D eigenvalue weighted by molar-refractivity contribution is 5.97. The molecule has 0 amide bonds. The second-order valence-corrected chi connectivity index (χ2v) is 5.32. The van der Waals surface area contributed by atoms with E-state index in [1.807, 2.05) is 30.3 Å². The fraction of sp³-hybridized carbons (Fsp3) is 0.0556. The van der Waals surface area contributed by atoms with Crippen molar-refractivity contribution in [1.82, 2.24) is 0 Å². The molecule has 0 spiro atoms. The number of carboxylic acids is 1. The second kappa shape index (κ2) is 6.48. The van der Waals surface area contributed by atoms with Gasteiger partial charge in [0.2, 0.25) is 0 Å². The Balaban J connectivity index is 2.10. The average molecular weight is 338 g/mol. The van der Waals surface area contributed by atoms with Gasteiger partial charge in [0.25, 0.3) is 5.69 Å². The number of nitro groups is 1. The number of methoxy groups -OCH3 is 1. The van der Waals surface area contributed by atoms with Gasteiger partial charge in [0.05, 0.1) is 23.3 Å². The summed E-state index contributed by atoms with van der Waals surface area (Å²) in [6, 6.07) is 14.7.